The van der Waals surface area contributed by atoms with E-state index in [0.29, 0.717) is 32.7 Å². The van der Waals surface area contributed by atoms with E-state index in [4.69, 9.17) is 67.5 Å². The molecule has 1 atom stereocenters. The lowest BCUT2D eigenvalue weighted by Crippen LogP contribution is -2.45. The summed E-state index contributed by atoms with van der Waals surface area (Å²) in [6.45, 7) is 37.5. The van der Waals surface area contributed by atoms with E-state index in [9.17, 15) is 0 Å². The Labute approximate surface area is 456 Å². The van der Waals surface area contributed by atoms with Gasteiger partial charge in [0.2, 0.25) is 0 Å². The summed E-state index contributed by atoms with van der Waals surface area (Å²) in [4.78, 5) is 2.39. The molecule has 1 aromatic rings. The predicted octanol–water partition coefficient (Wildman–Crippen LogP) is -3.76. The number of nitrogens with one attached hydrogen (secondary N) is 10. The second-order valence-electron chi connectivity index (χ2n) is 16.0. The lowest BCUT2D eigenvalue weighted by Gasteiger charge is -2.26. The monoisotopic (exact) mass is 1070 g/mol. The molecule has 0 bridgehead atoms. The fourth-order valence-corrected chi connectivity index (χ4v) is 4.86. The molecule has 454 valence electrons. The third kappa shape index (κ3) is 123. The third-order valence-electron chi connectivity index (χ3n) is 8.79. The van der Waals surface area contributed by atoms with E-state index in [2.05, 4.69) is 85.8 Å². The number of aliphatic hydroxyl groups is 2. The van der Waals surface area contributed by atoms with Crippen LogP contribution in [-0.4, -0.2) is 238 Å². The number of aliphatic hydroxyl groups excluding tert-OH is 2. The van der Waals surface area contributed by atoms with Crippen LogP contribution in [0.3, 0.4) is 0 Å². The SMILES string of the molecule is CC(O)CNCCN.CCNCCCCN.CCNCCCCN.CCNCCCN.CCNCCN.CNCCCN.CNCCN.NCCN1CCNCC1.NCCNCCO.NCCNc1ccccc1. The van der Waals surface area contributed by atoms with Crippen molar-refractivity contribution in [2.45, 2.75) is 79.2 Å². The number of hydrogen-bond donors (Lipinski definition) is 22. The normalized spacial score (nSPS) is 11.4. The summed E-state index contributed by atoms with van der Waals surface area (Å²) in [7, 11) is 3.81. The topological polar surface area (TPSA) is 424 Å². The predicted molar refractivity (Wildman–Crippen MR) is 329 cm³/mol. The second kappa shape index (κ2) is 100. The van der Waals surface area contributed by atoms with Crippen LogP contribution in [0.1, 0.15) is 73.1 Å². The standard InChI is InChI=1S/C8H12N2.C6H15N3.2C6H16N2.C5H14N2O.C5H14N2.C4H12N2O.2C4H12N2.C3H10N2/c9-6-7-10-8-4-2-1-3-5-8;7-1-4-9-5-2-8-3-6-9;2*1-2-8-6-4-3-5-7;1-5(8)4-7-3-2-6;1-2-7-5-3-4-6;5-1-2-6-3-4-7;1-6-4-2-3-5;1-2-6-4-3-5;1-5-3-2-4/h1-5,10H,6-7,9H2;8H,1-7H2;2*8H,2-7H2,1H3;5,7-8H,2-4,6H2,1H3;7H,2-6H2,1H3;6-7H,1-5H2;2*6H,2-5H2,1H3;5H,2-4H2,1H3. The molecule has 1 aromatic carbocycles. The van der Waals surface area contributed by atoms with Gasteiger partial charge in [-0.25, -0.2) is 0 Å². The Bertz CT molecular complexity index is 861. The molecule has 0 aromatic heterocycles. The van der Waals surface area contributed by atoms with Crippen molar-refractivity contribution in [3.05, 3.63) is 30.3 Å². The second-order valence-corrected chi connectivity index (χ2v) is 16.0. The number of nitrogens with zero attached hydrogens (tertiary/aromatic N) is 1. The molecule has 74 heavy (non-hydrogen) atoms. The summed E-state index contributed by atoms with van der Waals surface area (Å²) in [5.41, 5.74) is 53.3. The van der Waals surface area contributed by atoms with Gasteiger partial charge < -0.3 is 121 Å². The highest BCUT2D eigenvalue weighted by molar-refractivity contribution is 5.42. The van der Waals surface area contributed by atoms with Crippen LogP contribution in [0.5, 0.6) is 0 Å². The average Bonchev–Trinajstić information content (AvgIpc) is 3.42. The largest absolute Gasteiger partial charge is 0.395 e. The Morgan fingerprint density at radius 2 is 0.878 bits per heavy atom. The molecular formula is C51H133N21O2. The van der Waals surface area contributed by atoms with E-state index in [1.165, 1.54) is 12.8 Å². The number of rotatable bonds is 35. The van der Waals surface area contributed by atoms with Crippen molar-refractivity contribution in [1.29, 1.82) is 0 Å². The Morgan fingerprint density at radius 3 is 1.22 bits per heavy atom. The maximum Gasteiger partial charge on any atom is 0.0636 e. The molecular weight excluding hydrogens is 939 g/mol. The molecule has 1 heterocycles. The number of benzene rings is 1. The van der Waals surface area contributed by atoms with Crippen LogP contribution >= 0.6 is 0 Å². The van der Waals surface area contributed by atoms with Gasteiger partial charge in [-0.05, 0) is 150 Å². The van der Waals surface area contributed by atoms with Crippen LogP contribution in [0.4, 0.5) is 5.69 Å². The number of hydrogen-bond acceptors (Lipinski definition) is 23. The molecule has 1 saturated heterocycles. The molecule has 0 spiro atoms. The van der Waals surface area contributed by atoms with E-state index in [0.717, 1.165) is 195 Å². The number of para-hydroxylation sites is 1. The summed E-state index contributed by atoms with van der Waals surface area (Å²) in [6, 6.07) is 10.0. The van der Waals surface area contributed by atoms with Gasteiger partial charge in [0.1, 0.15) is 0 Å². The minimum Gasteiger partial charge on any atom is -0.395 e. The molecule has 32 N–H and O–H groups in total. The summed E-state index contributed by atoms with van der Waals surface area (Å²) in [5.74, 6) is 0. The zero-order chi connectivity index (χ0) is 57.5. The van der Waals surface area contributed by atoms with Gasteiger partial charge in [-0.15, -0.1) is 0 Å². The van der Waals surface area contributed by atoms with Crippen molar-refractivity contribution in [2.75, 3.05) is 222 Å². The smallest absolute Gasteiger partial charge is 0.0636 e. The number of nitrogens with two attached hydrogens (primary N) is 10. The zero-order valence-corrected chi connectivity index (χ0v) is 49.2. The van der Waals surface area contributed by atoms with Gasteiger partial charge in [0.15, 0.2) is 0 Å². The number of piperazine rings is 1. The first kappa shape index (κ1) is 88.7. The first-order chi connectivity index (χ1) is 36.0. The molecule has 1 aliphatic rings. The van der Waals surface area contributed by atoms with Crippen molar-refractivity contribution >= 4 is 5.69 Å². The molecule has 23 heteroatoms. The fourth-order valence-electron chi connectivity index (χ4n) is 4.86. The van der Waals surface area contributed by atoms with Crippen LogP contribution in [0, 0.1) is 0 Å². The van der Waals surface area contributed by atoms with Crippen molar-refractivity contribution in [2.24, 2.45) is 57.3 Å². The fraction of sp³-hybridized carbons (Fsp3) is 0.882. The van der Waals surface area contributed by atoms with Crippen molar-refractivity contribution in [3.63, 3.8) is 0 Å². The highest BCUT2D eigenvalue weighted by atomic mass is 16.3. The minimum atomic E-state index is -0.262. The van der Waals surface area contributed by atoms with Gasteiger partial charge in [-0.2, -0.15) is 0 Å². The summed E-state index contributed by atoms with van der Waals surface area (Å²) in [6.07, 6.45) is 6.63. The molecule has 0 radical (unpaired) electrons. The Balaban J connectivity index is -0.000000110. The molecule has 1 unspecified atom stereocenters. The van der Waals surface area contributed by atoms with E-state index in [1.54, 1.807) is 6.92 Å². The highest BCUT2D eigenvalue weighted by Crippen LogP contribution is 2.03. The van der Waals surface area contributed by atoms with E-state index in [-0.39, 0.29) is 12.7 Å². The van der Waals surface area contributed by atoms with Crippen LogP contribution in [0.2, 0.25) is 0 Å². The van der Waals surface area contributed by atoms with Crippen LogP contribution in [0.25, 0.3) is 0 Å². The Morgan fingerprint density at radius 1 is 0.473 bits per heavy atom. The first-order valence-electron chi connectivity index (χ1n) is 28.1. The molecule has 1 fully saturated rings. The maximum atomic E-state index is 8.68. The van der Waals surface area contributed by atoms with E-state index < -0.39 is 0 Å². The number of anilines is 1. The molecule has 0 saturated carbocycles. The number of likely N-dealkylation sites (N-methyl/N-ethyl adjacent to an activating group) is 2. The molecule has 0 amide bonds. The van der Waals surface area contributed by atoms with Gasteiger partial charge in [0.05, 0.1) is 12.7 Å². The van der Waals surface area contributed by atoms with Crippen molar-refractivity contribution in [3.8, 4) is 0 Å². The van der Waals surface area contributed by atoms with Gasteiger partial charge in [-0.1, -0.05) is 45.9 Å². The zero-order valence-electron chi connectivity index (χ0n) is 49.2. The van der Waals surface area contributed by atoms with Gasteiger partial charge in [0, 0.05) is 123 Å². The maximum absolute atomic E-state index is 8.68. The quantitative estimate of drug-likeness (QED) is 0.0290. The lowest BCUT2D eigenvalue weighted by molar-refractivity contribution is 0.192. The third-order valence-corrected chi connectivity index (χ3v) is 8.79. The summed E-state index contributed by atoms with van der Waals surface area (Å²) < 4.78 is 0. The van der Waals surface area contributed by atoms with Gasteiger partial charge in [0.25, 0.3) is 0 Å². The molecule has 0 aliphatic carbocycles. The molecule has 1 aliphatic heterocycles. The van der Waals surface area contributed by atoms with Gasteiger partial charge >= 0.3 is 0 Å². The molecule has 2 rings (SSSR count). The summed E-state index contributed by atoms with van der Waals surface area (Å²) in [5, 5.41) is 47.8. The number of unbranched alkanes of at least 4 members (excludes halogenated alkanes) is 2. The lowest BCUT2D eigenvalue weighted by atomic mass is 10.3. The molecule has 23 nitrogen and oxygen atoms in total. The van der Waals surface area contributed by atoms with Crippen molar-refractivity contribution in [1.82, 2.24) is 52.8 Å². The summed E-state index contributed by atoms with van der Waals surface area (Å²) >= 11 is 0. The van der Waals surface area contributed by atoms with Crippen LogP contribution in [-0.2, 0) is 0 Å². The minimum absolute atomic E-state index is 0.194. The Hall–Kier alpha value is -1.86. The Kier molecular flexibility index (Phi) is 120. The average molecular weight is 1070 g/mol. The first-order valence-corrected chi connectivity index (χ1v) is 28.1. The van der Waals surface area contributed by atoms with Crippen LogP contribution in [0.15, 0.2) is 30.3 Å². The highest BCUT2D eigenvalue weighted by Gasteiger charge is 2.06. The van der Waals surface area contributed by atoms with E-state index >= 15 is 0 Å². The van der Waals surface area contributed by atoms with Gasteiger partial charge in [-0.3, -0.25) is 4.90 Å². The van der Waals surface area contributed by atoms with Crippen molar-refractivity contribution < 1.29 is 10.2 Å². The van der Waals surface area contributed by atoms with Crippen LogP contribution < -0.4 is 111 Å². The van der Waals surface area contributed by atoms with E-state index in [1.807, 2.05) is 44.4 Å².